The number of likely N-dealkylation sites (N-methyl/N-ethyl adjacent to an activating group) is 1. The number of sulfonamides is 1. The van der Waals surface area contributed by atoms with Crippen LogP contribution >= 0.6 is 34.8 Å². The number of amides is 2. The SMILES string of the molecule is CNC(=O)C(C)N(Cc1cccc(Cl)c1)C(=O)CN(c1cccc(Cl)c1)S(=O)(=O)c1ccc(Cl)cc1. The van der Waals surface area contributed by atoms with Crippen molar-refractivity contribution in [2.45, 2.75) is 24.4 Å². The summed E-state index contributed by atoms with van der Waals surface area (Å²) in [5.74, 6) is -0.996. The normalized spacial score (nSPS) is 12.0. The van der Waals surface area contributed by atoms with Crippen molar-refractivity contribution in [1.29, 1.82) is 0 Å². The minimum Gasteiger partial charge on any atom is -0.357 e. The Bertz CT molecular complexity index is 1350. The van der Waals surface area contributed by atoms with Crippen LogP contribution < -0.4 is 9.62 Å². The van der Waals surface area contributed by atoms with Crippen LogP contribution in [0.5, 0.6) is 0 Å². The Morgan fingerprint density at radius 2 is 1.50 bits per heavy atom. The lowest BCUT2D eigenvalue weighted by Gasteiger charge is -2.31. The molecular formula is C25H24Cl3N3O4S. The molecule has 3 rings (SSSR count). The first-order valence-corrected chi connectivity index (χ1v) is 13.4. The van der Waals surface area contributed by atoms with Gasteiger partial charge in [0.05, 0.1) is 10.6 Å². The van der Waals surface area contributed by atoms with E-state index in [0.717, 1.165) is 4.31 Å². The third kappa shape index (κ3) is 6.70. The molecule has 0 aliphatic heterocycles. The summed E-state index contributed by atoms with van der Waals surface area (Å²) in [6.07, 6.45) is 0. The fraction of sp³-hybridized carbons (Fsp3) is 0.200. The second kappa shape index (κ2) is 12.0. The van der Waals surface area contributed by atoms with Crippen molar-refractivity contribution in [1.82, 2.24) is 10.2 Å². The van der Waals surface area contributed by atoms with Gasteiger partial charge in [-0.3, -0.25) is 13.9 Å². The van der Waals surface area contributed by atoms with E-state index in [1.165, 1.54) is 48.3 Å². The highest BCUT2D eigenvalue weighted by atomic mass is 35.5. The number of benzene rings is 3. The third-order valence-corrected chi connectivity index (χ3v) is 7.94. The molecule has 0 radical (unpaired) electrons. The first-order chi connectivity index (χ1) is 17.0. The minimum atomic E-state index is -4.20. The molecule has 0 aliphatic carbocycles. The first-order valence-electron chi connectivity index (χ1n) is 10.8. The van der Waals surface area contributed by atoms with Crippen LogP contribution in [0.2, 0.25) is 15.1 Å². The zero-order chi connectivity index (χ0) is 26.5. The van der Waals surface area contributed by atoms with E-state index in [1.807, 2.05) is 0 Å². The van der Waals surface area contributed by atoms with Gasteiger partial charge in [0.25, 0.3) is 10.0 Å². The molecule has 0 heterocycles. The highest BCUT2D eigenvalue weighted by Gasteiger charge is 2.32. The zero-order valence-electron chi connectivity index (χ0n) is 19.5. The fourth-order valence-corrected chi connectivity index (χ4v) is 5.45. The zero-order valence-corrected chi connectivity index (χ0v) is 22.6. The summed E-state index contributed by atoms with van der Waals surface area (Å²) in [4.78, 5) is 27.4. The van der Waals surface area contributed by atoms with Crippen molar-refractivity contribution in [3.63, 3.8) is 0 Å². The van der Waals surface area contributed by atoms with Crippen LogP contribution in [0.4, 0.5) is 5.69 Å². The maximum Gasteiger partial charge on any atom is 0.264 e. The summed E-state index contributed by atoms with van der Waals surface area (Å²) in [7, 11) is -2.74. The van der Waals surface area contributed by atoms with Crippen molar-refractivity contribution in [3.8, 4) is 0 Å². The Morgan fingerprint density at radius 3 is 2.08 bits per heavy atom. The summed E-state index contributed by atoms with van der Waals surface area (Å²) < 4.78 is 28.3. The lowest BCUT2D eigenvalue weighted by atomic mass is 10.1. The van der Waals surface area contributed by atoms with Gasteiger partial charge in [-0.2, -0.15) is 0 Å². The number of hydrogen-bond acceptors (Lipinski definition) is 4. The second-order valence-electron chi connectivity index (χ2n) is 7.89. The molecule has 3 aromatic rings. The van der Waals surface area contributed by atoms with Crippen LogP contribution in [-0.4, -0.2) is 44.8 Å². The third-order valence-electron chi connectivity index (χ3n) is 5.43. The van der Waals surface area contributed by atoms with Crippen LogP contribution in [0.1, 0.15) is 12.5 Å². The van der Waals surface area contributed by atoms with Gasteiger partial charge >= 0.3 is 0 Å². The van der Waals surface area contributed by atoms with Gasteiger partial charge in [0, 0.05) is 28.7 Å². The molecule has 3 aromatic carbocycles. The van der Waals surface area contributed by atoms with E-state index in [9.17, 15) is 18.0 Å². The van der Waals surface area contributed by atoms with Gasteiger partial charge in [-0.05, 0) is 67.1 Å². The van der Waals surface area contributed by atoms with Gasteiger partial charge in [-0.15, -0.1) is 0 Å². The van der Waals surface area contributed by atoms with Crippen molar-refractivity contribution < 1.29 is 18.0 Å². The maximum absolute atomic E-state index is 13.6. The Morgan fingerprint density at radius 1 is 0.889 bits per heavy atom. The average Bonchev–Trinajstić information content (AvgIpc) is 2.85. The van der Waals surface area contributed by atoms with Crippen molar-refractivity contribution in [3.05, 3.63) is 93.4 Å². The van der Waals surface area contributed by atoms with Gasteiger partial charge in [-0.1, -0.05) is 53.0 Å². The Hall–Kier alpha value is -2.78. The molecule has 0 saturated heterocycles. The molecule has 0 fully saturated rings. The van der Waals surface area contributed by atoms with Crippen molar-refractivity contribution in [2.75, 3.05) is 17.9 Å². The van der Waals surface area contributed by atoms with E-state index in [2.05, 4.69) is 5.32 Å². The molecule has 0 spiro atoms. The Balaban J connectivity index is 2.03. The molecule has 11 heteroatoms. The largest absolute Gasteiger partial charge is 0.357 e. The lowest BCUT2D eigenvalue weighted by molar-refractivity contribution is -0.139. The average molecular weight is 569 g/mol. The van der Waals surface area contributed by atoms with E-state index in [1.54, 1.807) is 43.3 Å². The number of anilines is 1. The predicted molar refractivity (Wildman–Crippen MR) is 143 cm³/mol. The second-order valence-corrected chi connectivity index (χ2v) is 11.1. The number of nitrogens with one attached hydrogen (secondary N) is 1. The summed E-state index contributed by atoms with van der Waals surface area (Å²) in [6, 6.07) is 17.8. The smallest absolute Gasteiger partial charge is 0.264 e. The van der Waals surface area contributed by atoms with E-state index >= 15 is 0 Å². The molecular weight excluding hydrogens is 545 g/mol. The number of carbonyl (C=O) groups excluding carboxylic acids is 2. The van der Waals surface area contributed by atoms with Crippen LogP contribution in [0, 0.1) is 0 Å². The molecule has 190 valence electrons. The first kappa shape index (κ1) is 27.8. The van der Waals surface area contributed by atoms with Crippen molar-refractivity contribution in [2.24, 2.45) is 0 Å². The van der Waals surface area contributed by atoms with Crippen molar-refractivity contribution >= 4 is 62.3 Å². The summed E-state index contributed by atoms with van der Waals surface area (Å²) in [5.41, 5.74) is 0.877. The van der Waals surface area contributed by atoms with E-state index < -0.39 is 34.4 Å². The van der Waals surface area contributed by atoms with Gasteiger partial charge in [-0.25, -0.2) is 8.42 Å². The van der Waals surface area contributed by atoms with Gasteiger partial charge < -0.3 is 10.2 Å². The highest BCUT2D eigenvalue weighted by molar-refractivity contribution is 7.92. The van der Waals surface area contributed by atoms with Gasteiger partial charge in [0.15, 0.2) is 0 Å². The summed E-state index contributed by atoms with van der Waals surface area (Å²) in [5, 5.41) is 3.67. The molecule has 7 nitrogen and oxygen atoms in total. The van der Waals surface area contributed by atoms with Gasteiger partial charge in [0.2, 0.25) is 11.8 Å². The molecule has 0 bridgehead atoms. The maximum atomic E-state index is 13.6. The summed E-state index contributed by atoms with van der Waals surface area (Å²) in [6.45, 7) is 1.03. The fourth-order valence-electron chi connectivity index (χ4n) is 3.52. The minimum absolute atomic E-state index is 0.0400. The quantitative estimate of drug-likeness (QED) is 0.393. The summed E-state index contributed by atoms with van der Waals surface area (Å²) >= 11 is 18.2. The number of halogens is 3. The van der Waals surface area contributed by atoms with Crippen LogP contribution in [0.15, 0.2) is 77.7 Å². The number of hydrogen-bond donors (Lipinski definition) is 1. The highest BCUT2D eigenvalue weighted by Crippen LogP contribution is 2.27. The monoisotopic (exact) mass is 567 g/mol. The molecule has 1 atom stereocenters. The number of rotatable bonds is 9. The molecule has 2 amide bonds. The van der Waals surface area contributed by atoms with E-state index in [4.69, 9.17) is 34.8 Å². The molecule has 36 heavy (non-hydrogen) atoms. The van der Waals surface area contributed by atoms with Crippen LogP contribution in [0.3, 0.4) is 0 Å². The Kier molecular flexibility index (Phi) is 9.24. The number of carbonyl (C=O) groups is 2. The van der Waals surface area contributed by atoms with Crippen LogP contribution in [0.25, 0.3) is 0 Å². The topological polar surface area (TPSA) is 86.8 Å². The number of nitrogens with zero attached hydrogens (tertiary/aromatic N) is 2. The predicted octanol–water partition coefficient (Wildman–Crippen LogP) is 5.01. The molecule has 0 aliphatic rings. The van der Waals surface area contributed by atoms with Crippen LogP contribution in [-0.2, 0) is 26.2 Å². The lowest BCUT2D eigenvalue weighted by Crippen LogP contribution is -2.50. The van der Waals surface area contributed by atoms with Gasteiger partial charge in [0.1, 0.15) is 12.6 Å². The van der Waals surface area contributed by atoms with E-state index in [-0.39, 0.29) is 17.1 Å². The molecule has 0 saturated carbocycles. The molecule has 1 unspecified atom stereocenters. The Labute approximate surface area is 225 Å². The standard InChI is InChI=1S/C25H24Cl3N3O4S/c1-17(25(33)29-2)30(15-18-5-3-6-20(27)13-18)24(32)16-31(22-8-4-7-21(28)14-22)36(34,35)23-11-9-19(26)10-12-23/h3-14,17H,15-16H2,1-2H3,(H,29,33). The van der Waals surface area contributed by atoms with E-state index in [0.29, 0.717) is 20.6 Å². The molecule has 0 aromatic heterocycles. The molecule has 1 N–H and O–H groups in total.